The van der Waals surface area contributed by atoms with Crippen LogP contribution in [0.4, 0.5) is 13.2 Å². The van der Waals surface area contributed by atoms with Gasteiger partial charge in [0.2, 0.25) is 0 Å². The molecule has 0 saturated heterocycles. The Morgan fingerprint density at radius 1 is 1.14 bits per heavy atom. The molecular formula is C22H23ClF3N3. The van der Waals surface area contributed by atoms with Crippen molar-refractivity contribution in [2.45, 2.75) is 57.0 Å². The van der Waals surface area contributed by atoms with E-state index in [0.29, 0.717) is 16.9 Å². The molecule has 0 amide bonds. The van der Waals surface area contributed by atoms with Gasteiger partial charge < -0.3 is 4.98 Å². The molecule has 154 valence electrons. The van der Waals surface area contributed by atoms with Gasteiger partial charge in [0.25, 0.3) is 0 Å². The van der Waals surface area contributed by atoms with E-state index in [2.05, 4.69) is 16.9 Å². The summed E-state index contributed by atoms with van der Waals surface area (Å²) < 4.78 is 38.9. The van der Waals surface area contributed by atoms with E-state index in [4.69, 9.17) is 16.6 Å². The van der Waals surface area contributed by atoms with E-state index in [9.17, 15) is 13.2 Å². The zero-order valence-electron chi connectivity index (χ0n) is 16.1. The fourth-order valence-corrected chi connectivity index (χ4v) is 4.81. The number of fused-ring (bicyclic) bond motifs is 1. The van der Waals surface area contributed by atoms with Gasteiger partial charge in [-0.25, -0.2) is 4.98 Å². The Morgan fingerprint density at radius 3 is 2.59 bits per heavy atom. The Labute approximate surface area is 172 Å². The smallest absolute Gasteiger partial charge is 0.342 e. The number of aromatic amines is 1. The van der Waals surface area contributed by atoms with Gasteiger partial charge in [0, 0.05) is 17.1 Å². The lowest BCUT2D eigenvalue weighted by Gasteiger charge is -2.33. The van der Waals surface area contributed by atoms with Gasteiger partial charge in [-0.15, -0.1) is 0 Å². The number of pyridine rings is 1. The number of halogens is 4. The van der Waals surface area contributed by atoms with E-state index in [0.717, 1.165) is 54.5 Å². The third kappa shape index (κ3) is 4.27. The molecule has 7 heteroatoms. The van der Waals surface area contributed by atoms with Gasteiger partial charge in [0.15, 0.2) is 0 Å². The molecule has 1 aliphatic rings. The van der Waals surface area contributed by atoms with Crippen molar-refractivity contribution in [3.05, 3.63) is 58.6 Å². The number of hydrogen-bond donors (Lipinski definition) is 1. The van der Waals surface area contributed by atoms with Gasteiger partial charge in [0.1, 0.15) is 11.5 Å². The number of imidazole rings is 1. The minimum atomic E-state index is -4.40. The molecule has 0 unspecified atom stereocenters. The van der Waals surface area contributed by atoms with Crippen LogP contribution >= 0.6 is 11.6 Å². The third-order valence-corrected chi connectivity index (χ3v) is 6.38. The molecule has 0 radical (unpaired) electrons. The topological polar surface area (TPSA) is 41.6 Å². The molecule has 2 aromatic heterocycles. The zero-order chi connectivity index (χ0) is 20.6. The van der Waals surface area contributed by atoms with Crippen LogP contribution in [0.25, 0.3) is 11.0 Å². The minimum absolute atomic E-state index is 0.155. The Morgan fingerprint density at radius 2 is 1.90 bits per heavy atom. The van der Waals surface area contributed by atoms with E-state index in [1.807, 2.05) is 18.2 Å². The number of aromatic nitrogens is 3. The van der Waals surface area contributed by atoms with E-state index in [-0.39, 0.29) is 5.92 Å². The number of hydrogen-bond acceptors (Lipinski definition) is 2. The van der Waals surface area contributed by atoms with Gasteiger partial charge in [-0.3, -0.25) is 4.98 Å². The summed E-state index contributed by atoms with van der Waals surface area (Å²) in [4.78, 5) is 11.7. The summed E-state index contributed by atoms with van der Waals surface area (Å²) in [5.74, 6) is 1.92. The standard InChI is InChI=1S/C22H23ClF3N3/c1-2-17(21-28-18-8-7-16(23)12-19(18)29-21)14-5-3-13(4-6-14)15-9-10-27-20(11-15)22(24,25)26/h7-14,17H,2-6H2,1H3,(H,28,29)/t13?,14?,17-/m1/s1. The van der Waals surface area contributed by atoms with Gasteiger partial charge >= 0.3 is 6.18 Å². The predicted molar refractivity (Wildman–Crippen MR) is 108 cm³/mol. The average Bonchev–Trinajstić information content (AvgIpc) is 3.11. The Kier molecular flexibility index (Phi) is 5.56. The summed E-state index contributed by atoms with van der Waals surface area (Å²) >= 11 is 6.08. The number of rotatable bonds is 4. The Hall–Kier alpha value is -2.08. The van der Waals surface area contributed by atoms with Crippen molar-refractivity contribution in [2.24, 2.45) is 5.92 Å². The summed E-state index contributed by atoms with van der Waals surface area (Å²) in [5.41, 5.74) is 1.80. The van der Waals surface area contributed by atoms with Gasteiger partial charge in [-0.2, -0.15) is 13.2 Å². The average molecular weight is 422 g/mol. The van der Waals surface area contributed by atoms with Crippen molar-refractivity contribution < 1.29 is 13.2 Å². The third-order valence-electron chi connectivity index (χ3n) is 6.14. The first-order valence-corrected chi connectivity index (χ1v) is 10.4. The van der Waals surface area contributed by atoms with Crippen molar-refractivity contribution in [3.63, 3.8) is 0 Å². The normalized spacial score (nSPS) is 21.4. The molecule has 0 aliphatic heterocycles. The van der Waals surface area contributed by atoms with Crippen LogP contribution in [-0.4, -0.2) is 15.0 Å². The molecular weight excluding hydrogens is 399 g/mol. The Balaban J connectivity index is 1.48. The maximum absolute atomic E-state index is 13.0. The lowest BCUT2D eigenvalue weighted by atomic mass is 9.73. The van der Waals surface area contributed by atoms with Crippen LogP contribution < -0.4 is 0 Å². The van der Waals surface area contributed by atoms with Crippen molar-refractivity contribution in [2.75, 3.05) is 0 Å². The quantitative estimate of drug-likeness (QED) is 0.488. The van der Waals surface area contributed by atoms with Crippen LogP contribution in [0.3, 0.4) is 0 Å². The second kappa shape index (κ2) is 7.98. The molecule has 29 heavy (non-hydrogen) atoms. The van der Waals surface area contributed by atoms with Crippen molar-refractivity contribution in [3.8, 4) is 0 Å². The molecule has 1 aromatic carbocycles. The second-order valence-corrected chi connectivity index (χ2v) is 8.32. The van der Waals surface area contributed by atoms with Crippen molar-refractivity contribution in [1.82, 2.24) is 15.0 Å². The summed E-state index contributed by atoms with van der Waals surface area (Å²) in [6, 6.07) is 8.58. The van der Waals surface area contributed by atoms with Gasteiger partial charge in [0.05, 0.1) is 11.0 Å². The SMILES string of the molecule is CC[C@@H](c1nc2ccc(Cl)cc2[nH]1)C1CCC(c2ccnc(C(F)(F)F)c2)CC1. The van der Waals surface area contributed by atoms with Gasteiger partial charge in [-0.1, -0.05) is 18.5 Å². The van der Waals surface area contributed by atoms with Crippen molar-refractivity contribution >= 4 is 22.6 Å². The van der Waals surface area contributed by atoms with E-state index in [1.54, 1.807) is 6.07 Å². The molecule has 1 saturated carbocycles. The second-order valence-electron chi connectivity index (χ2n) is 7.88. The fraction of sp³-hybridized carbons (Fsp3) is 0.455. The highest BCUT2D eigenvalue weighted by Crippen LogP contribution is 2.43. The number of nitrogens with zero attached hydrogens (tertiary/aromatic N) is 2. The largest absolute Gasteiger partial charge is 0.433 e. The molecule has 3 aromatic rings. The number of benzene rings is 1. The van der Waals surface area contributed by atoms with E-state index in [1.165, 1.54) is 12.3 Å². The predicted octanol–water partition coefficient (Wildman–Crippen LogP) is 7.10. The highest BCUT2D eigenvalue weighted by molar-refractivity contribution is 6.31. The maximum Gasteiger partial charge on any atom is 0.433 e. The molecule has 1 atom stereocenters. The minimum Gasteiger partial charge on any atom is -0.342 e. The molecule has 3 nitrogen and oxygen atoms in total. The molecule has 1 N–H and O–H groups in total. The monoisotopic (exact) mass is 421 g/mol. The van der Waals surface area contributed by atoms with E-state index < -0.39 is 11.9 Å². The highest BCUT2D eigenvalue weighted by atomic mass is 35.5. The lowest BCUT2D eigenvalue weighted by Crippen LogP contribution is -2.21. The van der Waals surface area contributed by atoms with E-state index >= 15 is 0 Å². The number of H-pyrrole nitrogens is 1. The summed E-state index contributed by atoms with van der Waals surface area (Å²) in [6.45, 7) is 2.16. The van der Waals surface area contributed by atoms with Crippen LogP contribution in [0, 0.1) is 5.92 Å². The van der Waals surface area contributed by atoms with Crippen LogP contribution in [-0.2, 0) is 6.18 Å². The molecule has 1 aliphatic carbocycles. The first-order chi connectivity index (χ1) is 13.8. The van der Waals surface area contributed by atoms with Crippen molar-refractivity contribution in [1.29, 1.82) is 0 Å². The number of alkyl halides is 3. The zero-order valence-corrected chi connectivity index (χ0v) is 16.9. The molecule has 4 rings (SSSR count). The molecule has 0 spiro atoms. The maximum atomic E-state index is 13.0. The van der Waals surface area contributed by atoms with Crippen LogP contribution in [0.1, 0.15) is 67.9 Å². The summed E-state index contributed by atoms with van der Waals surface area (Å²) in [6.07, 6.45) is 1.57. The van der Waals surface area contributed by atoms with Crippen LogP contribution in [0.5, 0.6) is 0 Å². The van der Waals surface area contributed by atoms with Gasteiger partial charge in [-0.05, 0) is 79.8 Å². The first kappa shape index (κ1) is 20.2. The van der Waals surface area contributed by atoms with Crippen LogP contribution in [0.15, 0.2) is 36.5 Å². The number of nitrogens with one attached hydrogen (secondary N) is 1. The molecule has 2 heterocycles. The first-order valence-electron chi connectivity index (χ1n) is 10.0. The summed E-state index contributed by atoms with van der Waals surface area (Å²) in [5, 5.41) is 0.678. The van der Waals surface area contributed by atoms with Crippen LogP contribution in [0.2, 0.25) is 5.02 Å². The lowest BCUT2D eigenvalue weighted by molar-refractivity contribution is -0.141. The fourth-order valence-electron chi connectivity index (χ4n) is 4.64. The summed E-state index contributed by atoms with van der Waals surface area (Å²) in [7, 11) is 0. The Bertz CT molecular complexity index is 990. The molecule has 1 fully saturated rings. The highest BCUT2D eigenvalue weighted by Gasteiger charge is 2.34. The molecule has 0 bridgehead atoms.